The molecule has 2 saturated carbocycles. The van der Waals surface area contributed by atoms with Gasteiger partial charge in [-0.15, -0.1) is 0 Å². The Kier molecular flexibility index (Phi) is 7.35. The highest BCUT2D eigenvalue weighted by atomic mass is 35.5. The second-order valence-corrected chi connectivity index (χ2v) is 8.72. The van der Waals surface area contributed by atoms with E-state index < -0.39 is 29.1 Å². The van der Waals surface area contributed by atoms with Crippen LogP contribution in [0.15, 0.2) is 12.1 Å². The minimum atomic E-state index is -0.912. The van der Waals surface area contributed by atoms with Crippen LogP contribution in [0.1, 0.15) is 50.1 Å². The Bertz CT molecular complexity index is 846. The molecular formula is C21H27ClF2N4O3. The molecule has 1 unspecified atom stereocenters. The van der Waals surface area contributed by atoms with Gasteiger partial charge in [-0.3, -0.25) is 9.59 Å². The summed E-state index contributed by atoms with van der Waals surface area (Å²) in [5.74, 6) is -1.44. The van der Waals surface area contributed by atoms with E-state index in [0.29, 0.717) is 12.3 Å². The number of fused-ring (bicyclic) bond motifs is 2. The average molecular weight is 457 g/mol. The minimum Gasteiger partial charge on any atom is -0.359 e. The van der Waals surface area contributed by atoms with Crippen molar-refractivity contribution in [3.05, 3.63) is 34.4 Å². The summed E-state index contributed by atoms with van der Waals surface area (Å²) in [4.78, 5) is 36.7. The van der Waals surface area contributed by atoms with Gasteiger partial charge in [-0.05, 0) is 55.6 Å². The number of nitrogens with one attached hydrogen (secondary N) is 3. The van der Waals surface area contributed by atoms with Gasteiger partial charge in [-0.25, -0.2) is 13.6 Å². The molecule has 10 heteroatoms. The minimum absolute atomic E-state index is 0.0161. The zero-order valence-corrected chi connectivity index (χ0v) is 18.1. The van der Waals surface area contributed by atoms with Gasteiger partial charge in [0.1, 0.15) is 11.6 Å². The first kappa shape index (κ1) is 23.2. The predicted molar refractivity (Wildman–Crippen MR) is 111 cm³/mol. The van der Waals surface area contributed by atoms with Crippen molar-refractivity contribution in [3.63, 3.8) is 0 Å². The SMILES string of the molecule is CNC(=O)CCN(CNC=O)C(=O)NC(c1c(F)ccc(Cl)c1F)C12CCC(CC1)C2. The molecule has 1 aromatic rings. The number of amides is 4. The Hall–Kier alpha value is -2.42. The zero-order chi connectivity index (χ0) is 22.6. The fourth-order valence-corrected chi connectivity index (χ4v) is 5.12. The first-order chi connectivity index (χ1) is 14.8. The predicted octanol–water partition coefficient (Wildman–Crippen LogP) is 3.09. The van der Waals surface area contributed by atoms with E-state index in [4.69, 9.17) is 11.6 Å². The molecule has 0 aromatic heterocycles. The fraction of sp³-hybridized carbons (Fsp3) is 0.571. The lowest BCUT2D eigenvalue weighted by atomic mass is 9.74. The Morgan fingerprint density at radius 3 is 2.61 bits per heavy atom. The number of carbonyl (C=O) groups excluding carboxylic acids is 3. The summed E-state index contributed by atoms with van der Waals surface area (Å²) in [7, 11) is 1.48. The van der Waals surface area contributed by atoms with E-state index in [1.807, 2.05) is 0 Å². The van der Waals surface area contributed by atoms with Gasteiger partial charge >= 0.3 is 6.03 Å². The summed E-state index contributed by atoms with van der Waals surface area (Å²) in [5, 5.41) is 7.47. The number of urea groups is 1. The molecule has 2 aliphatic carbocycles. The molecule has 0 heterocycles. The highest BCUT2D eigenvalue weighted by Crippen LogP contribution is 2.60. The van der Waals surface area contributed by atoms with Crippen LogP contribution in [0.3, 0.4) is 0 Å². The van der Waals surface area contributed by atoms with Gasteiger partial charge in [0.15, 0.2) is 0 Å². The van der Waals surface area contributed by atoms with Crippen LogP contribution in [0.25, 0.3) is 0 Å². The van der Waals surface area contributed by atoms with Crippen LogP contribution < -0.4 is 16.0 Å². The lowest BCUT2D eigenvalue weighted by Crippen LogP contribution is -2.50. The van der Waals surface area contributed by atoms with E-state index in [2.05, 4.69) is 16.0 Å². The molecule has 0 radical (unpaired) electrons. The first-order valence-electron chi connectivity index (χ1n) is 10.4. The molecule has 1 atom stereocenters. The number of hydrogen-bond donors (Lipinski definition) is 3. The number of halogens is 3. The van der Waals surface area contributed by atoms with Gasteiger partial charge in [-0.2, -0.15) is 0 Å². The number of carbonyl (C=O) groups is 3. The highest BCUT2D eigenvalue weighted by Gasteiger charge is 2.52. The molecule has 3 N–H and O–H groups in total. The first-order valence-corrected chi connectivity index (χ1v) is 10.8. The lowest BCUT2D eigenvalue weighted by molar-refractivity contribution is -0.120. The number of nitrogens with zero attached hydrogens (tertiary/aromatic N) is 1. The van der Waals surface area contributed by atoms with E-state index in [0.717, 1.165) is 44.2 Å². The van der Waals surface area contributed by atoms with Crippen LogP contribution in [0.2, 0.25) is 5.02 Å². The third kappa shape index (κ3) is 4.92. The molecule has 0 aliphatic heterocycles. The van der Waals surface area contributed by atoms with Gasteiger partial charge < -0.3 is 20.9 Å². The smallest absolute Gasteiger partial charge is 0.319 e. The maximum absolute atomic E-state index is 15.0. The van der Waals surface area contributed by atoms with Crippen LogP contribution in [-0.4, -0.2) is 43.5 Å². The highest BCUT2D eigenvalue weighted by molar-refractivity contribution is 6.30. The topological polar surface area (TPSA) is 90.5 Å². The van der Waals surface area contributed by atoms with Crippen LogP contribution in [0.5, 0.6) is 0 Å². The molecule has 0 spiro atoms. The van der Waals surface area contributed by atoms with E-state index in [9.17, 15) is 23.2 Å². The second kappa shape index (κ2) is 9.80. The molecule has 2 fully saturated rings. The van der Waals surface area contributed by atoms with E-state index >= 15 is 0 Å². The average Bonchev–Trinajstić information content (AvgIpc) is 3.38. The molecule has 31 heavy (non-hydrogen) atoms. The molecule has 2 bridgehead atoms. The summed E-state index contributed by atoms with van der Waals surface area (Å²) in [5.41, 5.74) is -0.699. The second-order valence-electron chi connectivity index (χ2n) is 8.32. The van der Waals surface area contributed by atoms with Crippen molar-refractivity contribution in [1.29, 1.82) is 0 Å². The maximum Gasteiger partial charge on any atom is 0.319 e. The van der Waals surface area contributed by atoms with E-state index in [1.165, 1.54) is 11.9 Å². The zero-order valence-electron chi connectivity index (χ0n) is 17.3. The third-order valence-corrected chi connectivity index (χ3v) is 6.88. The van der Waals surface area contributed by atoms with E-state index in [1.54, 1.807) is 0 Å². The summed E-state index contributed by atoms with van der Waals surface area (Å²) >= 11 is 5.95. The number of rotatable bonds is 9. The monoisotopic (exact) mass is 456 g/mol. The Morgan fingerprint density at radius 2 is 2.03 bits per heavy atom. The van der Waals surface area contributed by atoms with Crippen LogP contribution in [0, 0.1) is 23.0 Å². The van der Waals surface area contributed by atoms with Gasteiger partial charge in [0.05, 0.1) is 17.7 Å². The third-order valence-electron chi connectivity index (χ3n) is 6.58. The largest absolute Gasteiger partial charge is 0.359 e. The van der Waals surface area contributed by atoms with Crippen LogP contribution >= 0.6 is 11.6 Å². The summed E-state index contributed by atoms with van der Waals surface area (Å²) < 4.78 is 29.8. The van der Waals surface area contributed by atoms with Gasteiger partial charge in [0.25, 0.3) is 0 Å². The molecule has 170 valence electrons. The lowest BCUT2D eigenvalue weighted by Gasteiger charge is -2.38. The van der Waals surface area contributed by atoms with Crippen molar-refractivity contribution < 1.29 is 23.2 Å². The van der Waals surface area contributed by atoms with Crippen LogP contribution in [0.4, 0.5) is 13.6 Å². The van der Waals surface area contributed by atoms with Gasteiger partial charge in [0, 0.05) is 25.6 Å². The molecule has 7 nitrogen and oxygen atoms in total. The molecule has 1 aromatic carbocycles. The molecule has 0 saturated heterocycles. The van der Waals surface area contributed by atoms with Crippen LogP contribution in [-0.2, 0) is 9.59 Å². The standard InChI is InChI=1S/C21H27ClF2N4O3/c1-25-16(30)6-9-28(11-26-12-29)20(31)27-19(21-7-4-13(10-21)5-8-21)17-15(23)3-2-14(22)18(17)24/h2-3,12-13,19H,4-11H2,1H3,(H,25,30)(H,26,29)(H,27,31). The molecule has 4 amide bonds. The fourth-order valence-electron chi connectivity index (χ4n) is 4.96. The Balaban J connectivity index is 1.91. The van der Waals surface area contributed by atoms with Crippen molar-refractivity contribution in [3.8, 4) is 0 Å². The quantitative estimate of drug-likeness (QED) is 0.303. The number of benzene rings is 1. The van der Waals surface area contributed by atoms with Crippen molar-refractivity contribution in [1.82, 2.24) is 20.9 Å². The maximum atomic E-state index is 15.0. The van der Waals surface area contributed by atoms with E-state index in [-0.39, 0.29) is 36.1 Å². The van der Waals surface area contributed by atoms with Gasteiger partial charge in [-0.1, -0.05) is 11.6 Å². The van der Waals surface area contributed by atoms with Crippen molar-refractivity contribution in [2.45, 2.75) is 44.6 Å². The molecule has 2 aliphatic rings. The summed E-state index contributed by atoms with van der Waals surface area (Å²) in [6.07, 6.45) is 4.62. The summed E-state index contributed by atoms with van der Waals surface area (Å²) in [6.45, 7) is -0.121. The normalized spacial score (nSPS) is 22.6. The van der Waals surface area contributed by atoms with Crippen molar-refractivity contribution in [2.24, 2.45) is 11.3 Å². The van der Waals surface area contributed by atoms with Crippen molar-refractivity contribution in [2.75, 3.05) is 20.3 Å². The number of hydrogen-bond acceptors (Lipinski definition) is 3. The Morgan fingerprint density at radius 1 is 1.32 bits per heavy atom. The Labute approximate surface area is 184 Å². The molecular weight excluding hydrogens is 430 g/mol. The van der Waals surface area contributed by atoms with Crippen molar-refractivity contribution >= 4 is 29.9 Å². The molecule has 3 rings (SSSR count). The van der Waals surface area contributed by atoms with Gasteiger partial charge in [0.2, 0.25) is 12.3 Å². The summed E-state index contributed by atoms with van der Waals surface area (Å²) in [6, 6.07) is 0.730.